The van der Waals surface area contributed by atoms with Crippen LogP contribution in [0.2, 0.25) is 5.02 Å². The maximum absolute atomic E-state index is 5.93. The van der Waals surface area contributed by atoms with Crippen molar-refractivity contribution in [1.82, 2.24) is 0 Å². The Morgan fingerprint density at radius 3 is 2.83 bits per heavy atom. The molecule has 0 aromatic heterocycles. The number of nitrogens with two attached hydrogens (primary N) is 1. The smallest absolute Gasteiger partial charge is 0.0772 e. The SMILES string of the molecule is Cc1ccc(Cl)c(CC(N)=S)c1. The minimum absolute atomic E-state index is 0.475. The molecule has 0 aliphatic carbocycles. The van der Waals surface area contributed by atoms with Crippen molar-refractivity contribution < 1.29 is 0 Å². The predicted octanol–water partition coefficient (Wildman–Crippen LogP) is 2.48. The van der Waals surface area contributed by atoms with Gasteiger partial charge in [0, 0.05) is 11.4 Å². The van der Waals surface area contributed by atoms with Gasteiger partial charge >= 0.3 is 0 Å². The van der Waals surface area contributed by atoms with Gasteiger partial charge in [-0.15, -0.1) is 0 Å². The Morgan fingerprint density at radius 2 is 2.25 bits per heavy atom. The van der Waals surface area contributed by atoms with E-state index in [-0.39, 0.29) is 0 Å². The molecule has 0 heterocycles. The third-order valence-corrected chi connectivity index (χ3v) is 2.08. The van der Waals surface area contributed by atoms with Crippen molar-refractivity contribution in [3.63, 3.8) is 0 Å². The van der Waals surface area contributed by atoms with Crippen molar-refractivity contribution in [2.75, 3.05) is 0 Å². The molecular formula is C9H10ClNS. The van der Waals surface area contributed by atoms with E-state index >= 15 is 0 Å². The molecule has 0 unspecified atom stereocenters. The van der Waals surface area contributed by atoms with Crippen LogP contribution in [0.1, 0.15) is 11.1 Å². The summed E-state index contributed by atoms with van der Waals surface area (Å²) < 4.78 is 0. The normalized spacial score (nSPS) is 9.83. The number of thiocarbonyl (C=S) groups is 1. The van der Waals surface area contributed by atoms with Gasteiger partial charge < -0.3 is 5.73 Å². The fourth-order valence-corrected chi connectivity index (χ4v) is 1.37. The fraction of sp³-hybridized carbons (Fsp3) is 0.222. The fourth-order valence-electron chi connectivity index (χ4n) is 1.03. The number of halogens is 1. The first-order valence-electron chi connectivity index (χ1n) is 3.63. The van der Waals surface area contributed by atoms with E-state index in [0.717, 1.165) is 10.6 Å². The van der Waals surface area contributed by atoms with Gasteiger partial charge in [0.1, 0.15) is 0 Å². The summed E-state index contributed by atoms with van der Waals surface area (Å²) in [4.78, 5) is 0.475. The summed E-state index contributed by atoms with van der Waals surface area (Å²) in [6, 6.07) is 5.83. The van der Waals surface area contributed by atoms with E-state index in [2.05, 4.69) is 0 Å². The predicted molar refractivity (Wildman–Crippen MR) is 56.7 cm³/mol. The topological polar surface area (TPSA) is 26.0 Å². The van der Waals surface area contributed by atoms with Crippen LogP contribution in [-0.2, 0) is 6.42 Å². The summed E-state index contributed by atoms with van der Waals surface area (Å²) in [6.07, 6.45) is 0.579. The van der Waals surface area contributed by atoms with E-state index < -0.39 is 0 Å². The monoisotopic (exact) mass is 199 g/mol. The largest absolute Gasteiger partial charge is 0.393 e. The standard InChI is InChI=1S/C9H10ClNS/c1-6-2-3-8(10)7(4-6)5-9(11)12/h2-4H,5H2,1H3,(H2,11,12). The zero-order chi connectivity index (χ0) is 9.14. The second kappa shape index (κ2) is 3.87. The van der Waals surface area contributed by atoms with E-state index in [0.29, 0.717) is 11.4 Å². The van der Waals surface area contributed by atoms with Crippen LogP contribution in [0, 0.1) is 6.92 Å². The van der Waals surface area contributed by atoms with Crippen LogP contribution in [0.3, 0.4) is 0 Å². The summed E-state index contributed by atoms with van der Waals surface area (Å²) in [5, 5.41) is 0.730. The van der Waals surface area contributed by atoms with Crippen LogP contribution in [0.4, 0.5) is 0 Å². The first kappa shape index (κ1) is 9.49. The average Bonchev–Trinajstić information content (AvgIpc) is 1.96. The quantitative estimate of drug-likeness (QED) is 0.741. The molecule has 64 valence electrons. The number of benzene rings is 1. The molecule has 2 N–H and O–H groups in total. The lowest BCUT2D eigenvalue weighted by Crippen LogP contribution is -2.11. The summed E-state index contributed by atoms with van der Waals surface area (Å²) in [7, 11) is 0. The highest BCUT2D eigenvalue weighted by atomic mass is 35.5. The lowest BCUT2D eigenvalue weighted by molar-refractivity contribution is 1.30. The Balaban J connectivity index is 2.97. The average molecular weight is 200 g/mol. The summed E-state index contributed by atoms with van der Waals surface area (Å²) in [5.41, 5.74) is 7.59. The first-order valence-corrected chi connectivity index (χ1v) is 4.41. The lowest BCUT2D eigenvalue weighted by atomic mass is 10.1. The second-order valence-corrected chi connectivity index (χ2v) is 3.67. The maximum atomic E-state index is 5.93. The molecule has 1 aromatic carbocycles. The van der Waals surface area contributed by atoms with E-state index in [4.69, 9.17) is 29.6 Å². The lowest BCUT2D eigenvalue weighted by Gasteiger charge is -2.03. The van der Waals surface area contributed by atoms with Crippen LogP contribution < -0.4 is 5.73 Å². The third kappa shape index (κ3) is 2.47. The zero-order valence-corrected chi connectivity index (χ0v) is 8.38. The van der Waals surface area contributed by atoms with Crippen LogP contribution in [0.25, 0.3) is 0 Å². The van der Waals surface area contributed by atoms with Crippen molar-refractivity contribution in [1.29, 1.82) is 0 Å². The van der Waals surface area contributed by atoms with Gasteiger partial charge in [-0.3, -0.25) is 0 Å². The highest BCUT2D eigenvalue weighted by Gasteiger charge is 2.01. The molecule has 0 bridgehead atoms. The number of hydrogen-bond acceptors (Lipinski definition) is 1. The molecule has 0 fully saturated rings. The van der Waals surface area contributed by atoms with E-state index in [1.165, 1.54) is 5.56 Å². The molecule has 0 saturated heterocycles. The second-order valence-electron chi connectivity index (χ2n) is 2.74. The summed E-state index contributed by atoms with van der Waals surface area (Å²) in [5.74, 6) is 0. The van der Waals surface area contributed by atoms with Crippen molar-refractivity contribution >= 4 is 28.8 Å². The molecule has 1 rings (SSSR count). The van der Waals surface area contributed by atoms with Crippen molar-refractivity contribution in [2.45, 2.75) is 13.3 Å². The van der Waals surface area contributed by atoms with E-state index in [1.54, 1.807) is 0 Å². The Morgan fingerprint density at radius 1 is 1.58 bits per heavy atom. The molecule has 0 aliphatic rings. The van der Waals surface area contributed by atoms with Gasteiger partial charge in [-0.25, -0.2) is 0 Å². The van der Waals surface area contributed by atoms with Crippen LogP contribution >= 0.6 is 23.8 Å². The van der Waals surface area contributed by atoms with Gasteiger partial charge in [-0.05, 0) is 18.6 Å². The minimum atomic E-state index is 0.475. The summed E-state index contributed by atoms with van der Waals surface area (Å²) >= 11 is 10.7. The molecule has 0 atom stereocenters. The molecule has 0 saturated carbocycles. The molecule has 0 radical (unpaired) electrons. The van der Waals surface area contributed by atoms with Crippen LogP contribution in [-0.4, -0.2) is 4.99 Å². The van der Waals surface area contributed by atoms with Crippen molar-refractivity contribution in [2.24, 2.45) is 5.73 Å². The molecule has 1 nitrogen and oxygen atoms in total. The Kier molecular flexibility index (Phi) is 3.06. The Hall–Kier alpha value is -0.600. The van der Waals surface area contributed by atoms with Crippen LogP contribution in [0.5, 0.6) is 0 Å². The number of rotatable bonds is 2. The molecule has 1 aromatic rings. The molecule has 12 heavy (non-hydrogen) atoms. The number of aryl methyl sites for hydroxylation is 1. The highest BCUT2D eigenvalue weighted by molar-refractivity contribution is 7.80. The molecule has 0 aliphatic heterocycles. The molecular weight excluding hydrogens is 190 g/mol. The van der Waals surface area contributed by atoms with Gasteiger partial charge in [0.2, 0.25) is 0 Å². The Labute approximate surface area is 82.5 Å². The van der Waals surface area contributed by atoms with Gasteiger partial charge in [-0.2, -0.15) is 0 Å². The molecule has 3 heteroatoms. The van der Waals surface area contributed by atoms with Gasteiger partial charge in [0.25, 0.3) is 0 Å². The molecule has 0 spiro atoms. The van der Waals surface area contributed by atoms with Crippen molar-refractivity contribution in [3.8, 4) is 0 Å². The van der Waals surface area contributed by atoms with Crippen molar-refractivity contribution in [3.05, 3.63) is 34.3 Å². The highest BCUT2D eigenvalue weighted by Crippen LogP contribution is 2.17. The zero-order valence-electron chi connectivity index (χ0n) is 6.80. The van der Waals surface area contributed by atoms with Gasteiger partial charge in [0.05, 0.1) is 4.99 Å². The first-order chi connectivity index (χ1) is 5.59. The van der Waals surface area contributed by atoms with E-state index in [9.17, 15) is 0 Å². The van der Waals surface area contributed by atoms with Gasteiger partial charge in [0.15, 0.2) is 0 Å². The minimum Gasteiger partial charge on any atom is -0.393 e. The van der Waals surface area contributed by atoms with E-state index in [1.807, 2.05) is 25.1 Å². The number of hydrogen-bond donors (Lipinski definition) is 1. The third-order valence-electron chi connectivity index (χ3n) is 1.57. The van der Waals surface area contributed by atoms with Crippen LogP contribution in [0.15, 0.2) is 18.2 Å². The van der Waals surface area contributed by atoms with Gasteiger partial charge in [-0.1, -0.05) is 41.5 Å². The maximum Gasteiger partial charge on any atom is 0.0772 e. The Bertz CT molecular complexity index is 309. The summed E-state index contributed by atoms with van der Waals surface area (Å²) in [6.45, 7) is 2.01. The molecule has 0 amide bonds.